The highest BCUT2D eigenvalue weighted by Gasteiger charge is 2.14. The number of benzene rings is 1. The van der Waals surface area contributed by atoms with Crippen molar-refractivity contribution >= 4 is 11.2 Å². The van der Waals surface area contributed by atoms with Crippen LogP contribution in [0.1, 0.15) is 5.56 Å². The number of phenolic OH excluding ortho intramolecular Hbond substituents is 1. The highest BCUT2D eigenvalue weighted by Crippen LogP contribution is 2.32. The second-order valence-electron chi connectivity index (χ2n) is 4.31. The van der Waals surface area contributed by atoms with Crippen molar-refractivity contribution in [2.45, 2.75) is 6.92 Å². The van der Waals surface area contributed by atoms with E-state index in [2.05, 4.69) is 9.97 Å². The number of para-hydroxylation sites is 1. The number of aromatic hydroxyl groups is 1. The van der Waals surface area contributed by atoms with E-state index in [-0.39, 0.29) is 5.75 Å². The number of rotatable bonds is 1. The number of nitrogens with zero attached hydrogens (tertiary/aromatic N) is 3. The van der Waals surface area contributed by atoms with Crippen LogP contribution in [0, 0.1) is 6.92 Å². The van der Waals surface area contributed by atoms with Gasteiger partial charge in [0.15, 0.2) is 5.65 Å². The monoisotopic (exact) mass is 239 g/mol. The second-order valence-corrected chi connectivity index (χ2v) is 4.31. The van der Waals surface area contributed by atoms with Crippen LogP contribution in [0.15, 0.2) is 36.5 Å². The summed E-state index contributed by atoms with van der Waals surface area (Å²) < 4.78 is 1.94. The Labute approximate surface area is 105 Å². The molecule has 0 atom stereocenters. The van der Waals surface area contributed by atoms with Gasteiger partial charge in [-0.25, -0.2) is 9.97 Å². The highest BCUT2D eigenvalue weighted by molar-refractivity contribution is 5.79. The zero-order chi connectivity index (χ0) is 12.7. The Kier molecular flexibility index (Phi) is 2.30. The number of pyridine rings is 1. The average molecular weight is 239 g/mol. The van der Waals surface area contributed by atoms with E-state index in [0.29, 0.717) is 5.65 Å². The average Bonchev–Trinajstić information content (AvgIpc) is 2.71. The lowest BCUT2D eigenvalue weighted by atomic mass is 10.1. The molecule has 18 heavy (non-hydrogen) atoms. The van der Waals surface area contributed by atoms with Gasteiger partial charge in [0.05, 0.1) is 11.1 Å². The van der Waals surface area contributed by atoms with Crippen molar-refractivity contribution in [2.24, 2.45) is 7.05 Å². The van der Waals surface area contributed by atoms with Crippen molar-refractivity contribution in [1.82, 2.24) is 14.5 Å². The number of hydrogen-bond donors (Lipinski definition) is 1. The molecule has 1 aromatic carbocycles. The fraction of sp³-hybridized carbons (Fsp3) is 0.143. The van der Waals surface area contributed by atoms with Crippen molar-refractivity contribution in [3.8, 4) is 17.1 Å². The van der Waals surface area contributed by atoms with Crippen LogP contribution >= 0.6 is 0 Å². The molecule has 0 fully saturated rings. The normalized spacial score (nSPS) is 11.0. The van der Waals surface area contributed by atoms with Crippen LogP contribution in [-0.2, 0) is 7.05 Å². The lowest BCUT2D eigenvalue weighted by molar-refractivity contribution is 0.472. The standard InChI is InChI=1S/C14H13N3O/c1-9-5-3-6-10(12(9)18)14-16-13-11(17(14)2)7-4-8-15-13/h3-8,18H,1-2H3. The molecule has 0 radical (unpaired) electrons. The van der Waals surface area contributed by atoms with Crippen LogP contribution < -0.4 is 0 Å². The SMILES string of the molecule is Cc1cccc(-c2nc3ncccc3n2C)c1O. The summed E-state index contributed by atoms with van der Waals surface area (Å²) >= 11 is 0. The maximum atomic E-state index is 10.1. The van der Waals surface area contributed by atoms with E-state index in [1.165, 1.54) is 0 Å². The third kappa shape index (κ3) is 1.46. The Hall–Kier alpha value is -2.36. The largest absolute Gasteiger partial charge is 0.507 e. The number of imidazole rings is 1. The summed E-state index contributed by atoms with van der Waals surface area (Å²) in [6.07, 6.45) is 1.72. The van der Waals surface area contributed by atoms with Crippen molar-refractivity contribution in [2.75, 3.05) is 0 Å². The molecule has 90 valence electrons. The first-order valence-corrected chi connectivity index (χ1v) is 5.75. The molecule has 0 bridgehead atoms. The van der Waals surface area contributed by atoms with Crippen molar-refractivity contribution in [1.29, 1.82) is 0 Å². The quantitative estimate of drug-likeness (QED) is 0.710. The fourth-order valence-corrected chi connectivity index (χ4v) is 2.11. The van der Waals surface area contributed by atoms with Crippen LogP contribution in [0.25, 0.3) is 22.6 Å². The molecule has 0 saturated heterocycles. The van der Waals surface area contributed by atoms with E-state index in [1.54, 1.807) is 6.20 Å². The maximum Gasteiger partial charge on any atom is 0.178 e. The van der Waals surface area contributed by atoms with E-state index in [9.17, 15) is 5.11 Å². The molecular formula is C14H13N3O. The minimum absolute atomic E-state index is 0.274. The van der Waals surface area contributed by atoms with Crippen LogP contribution in [0.5, 0.6) is 5.75 Å². The molecular weight excluding hydrogens is 226 g/mol. The minimum atomic E-state index is 0.274. The number of aryl methyl sites for hydroxylation is 2. The van der Waals surface area contributed by atoms with Gasteiger partial charge in [-0.15, -0.1) is 0 Å². The number of phenols is 1. The molecule has 0 aliphatic heterocycles. The van der Waals surface area contributed by atoms with Crippen LogP contribution in [0.3, 0.4) is 0 Å². The molecule has 1 N–H and O–H groups in total. The third-order valence-corrected chi connectivity index (χ3v) is 3.14. The van der Waals surface area contributed by atoms with Crippen LogP contribution in [0.2, 0.25) is 0 Å². The van der Waals surface area contributed by atoms with Gasteiger partial charge in [0.2, 0.25) is 0 Å². The number of fused-ring (bicyclic) bond motifs is 1. The van der Waals surface area contributed by atoms with E-state index in [4.69, 9.17) is 0 Å². The molecule has 0 amide bonds. The fourth-order valence-electron chi connectivity index (χ4n) is 2.11. The molecule has 4 nitrogen and oxygen atoms in total. The topological polar surface area (TPSA) is 50.9 Å². The molecule has 2 aromatic heterocycles. The van der Waals surface area contributed by atoms with Gasteiger partial charge >= 0.3 is 0 Å². The summed E-state index contributed by atoms with van der Waals surface area (Å²) in [6.45, 7) is 1.87. The van der Waals surface area contributed by atoms with Gasteiger partial charge in [-0.1, -0.05) is 12.1 Å². The Morgan fingerprint density at radius 2 is 2.00 bits per heavy atom. The second kappa shape index (κ2) is 3.84. The molecule has 0 saturated carbocycles. The minimum Gasteiger partial charge on any atom is -0.507 e. The van der Waals surface area contributed by atoms with E-state index < -0.39 is 0 Å². The zero-order valence-corrected chi connectivity index (χ0v) is 10.3. The molecule has 0 aliphatic carbocycles. The molecule has 3 rings (SSSR count). The molecule has 4 heteroatoms. The van der Waals surface area contributed by atoms with Gasteiger partial charge in [-0.2, -0.15) is 0 Å². The lowest BCUT2D eigenvalue weighted by Crippen LogP contribution is -1.93. The van der Waals surface area contributed by atoms with E-state index in [1.807, 2.05) is 48.9 Å². The van der Waals surface area contributed by atoms with Crippen LogP contribution in [-0.4, -0.2) is 19.6 Å². The summed E-state index contributed by atoms with van der Waals surface area (Å²) in [5.41, 5.74) is 3.22. The van der Waals surface area contributed by atoms with E-state index in [0.717, 1.165) is 22.5 Å². The first-order chi connectivity index (χ1) is 8.68. The van der Waals surface area contributed by atoms with Gasteiger partial charge in [-0.3, -0.25) is 0 Å². The van der Waals surface area contributed by atoms with Crippen molar-refractivity contribution in [3.63, 3.8) is 0 Å². The van der Waals surface area contributed by atoms with Gasteiger partial charge in [0.25, 0.3) is 0 Å². The predicted octanol–water partition coefficient (Wildman–Crippen LogP) is 2.65. The summed E-state index contributed by atoms with van der Waals surface area (Å²) in [4.78, 5) is 8.70. The van der Waals surface area contributed by atoms with Gasteiger partial charge in [0, 0.05) is 13.2 Å². The number of hydrogen-bond acceptors (Lipinski definition) is 3. The zero-order valence-electron chi connectivity index (χ0n) is 10.3. The van der Waals surface area contributed by atoms with E-state index >= 15 is 0 Å². The molecule has 3 aromatic rings. The van der Waals surface area contributed by atoms with Crippen LogP contribution in [0.4, 0.5) is 0 Å². The third-order valence-electron chi connectivity index (χ3n) is 3.14. The summed E-state index contributed by atoms with van der Waals surface area (Å²) in [7, 11) is 1.92. The summed E-state index contributed by atoms with van der Waals surface area (Å²) in [5, 5.41) is 10.1. The van der Waals surface area contributed by atoms with Gasteiger partial charge in [-0.05, 0) is 30.7 Å². The van der Waals surface area contributed by atoms with Crippen molar-refractivity contribution < 1.29 is 5.11 Å². The Bertz CT molecular complexity index is 731. The first kappa shape index (κ1) is 10.8. The molecule has 0 aliphatic rings. The predicted molar refractivity (Wildman–Crippen MR) is 70.3 cm³/mol. The molecule has 0 spiro atoms. The summed E-state index contributed by atoms with van der Waals surface area (Å²) in [6, 6.07) is 9.50. The summed E-state index contributed by atoms with van der Waals surface area (Å²) in [5.74, 6) is 1.00. The highest BCUT2D eigenvalue weighted by atomic mass is 16.3. The number of aromatic nitrogens is 3. The smallest absolute Gasteiger partial charge is 0.178 e. The van der Waals surface area contributed by atoms with Crippen molar-refractivity contribution in [3.05, 3.63) is 42.1 Å². The Morgan fingerprint density at radius 1 is 1.17 bits per heavy atom. The van der Waals surface area contributed by atoms with Gasteiger partial charge < -0.3 is 9.67 Å². The molecule has 0 unspecified atom stereocenters. The Morgan fingerprint density at radius 3 is 2.78 bits per heavy atom. The maximum absolute atomic E-state index is 10.1. The molecule has 2 heterocycles. The Balaban J connectivity index is 2.32. The lowest BCUT2D eigenvalue weighted by Gasteiger charge is -2.06. The van der Waals surface area contributed by atoms with Gasteiger partial charge in [0.1, 0.15) is 11.6 Å². The first-order valence-electron chi connectivity index (χ1n) is 5.75.